The van der Waals surface area contributed by atoms with Gasteiger partial charge in [0.05, 0.1) is 23.4 Å². The van der Waals surface area contributed by atoms with Gasteiger partial charge >= 0.3 is 0 Å². The van der Waals surface area contributed by atoms with Crippen molar-refractivity contribution in [1.82, 2.24) is 14.9 Å². The van der Waals surface area contributed by atoms with Crippen LogP contribution in [-0.2, 0) is 16.1 Å². The standard InChI is InChI=1S/C32H37N5O4S.2ClH/c1-5-37-26-8-7-23(21-27(26)35(4)30(39)32(2,3)31(37)40)41-19-6-14-34-25(22-9-15-33-16-10-22)11-17-36-18-12-28-24(29(36)38)13-20-42-28;;/h7-10,12-13,15-16,18,20-21,25,34H,5-6,11,14,17,19H2,1-4H3;2*1H. The number of thiophene rings is 1. The Morgan fingerprint density at radius 1 is 1.00 bits per heavy atom. The average Bonchev–Trinajstić information content (AvgIpc) is 3.48. The SMILES string of the molecule is CCN1C(=O)C(C)(C)C(=O)N(C)c2cc(OCCCNC(CCn3ccc4sccc4c3=O)c3ccncc3)ccc21.Cl.Cl. The fourth-order valence-electron chi connectivity index (χ4n) is 5.44. The molecule has 236 valence electrons. The molecule has 2 amide bonds. The third kappa shape index (κ3) is 7.10. The van der Waals surface area contributed by atoms with E-state index in [9.17, 15) is 14.4 Å². The summed E-state index contributed by atoms with van der Waals surface area (Å²) in [5, 5.41) is 6.34. The summed E-state index contributed by atoms with van der Waals surface area (Å²) in [6.45, 7) is 7.50. The van der Waals surface area contributed by atoms with Crippen LogP contribution >= 0.6 is 36.2 Å². The van der Waals surface area contributed by atoms with Gasteiger partial charge in [-0.25, -0.2) is 0 Å². The second-order valence-corrected chi connectivity index (χ2v) is 11.9. The highest BCUT2D eigenvalue weighted by Crippen LogP contribution is 2.40. The third-order valence-corrected chi connectivity index (χ3v) is 8.76. The quantitative estimate of drug-likeness (QED) is 0.160. The van der Waals surface area contributed by atoms with Crippen molar-refractivity contribution in [3.63, 3.8) is 0 Å². The first-order valence-corrected chi connectivity index (χ1v) is 15.2. The number of aryl methyl sites for hydroxylation is 1. The minimum absolute atomic E-state index is 0. The topological polar surface area (TPSA) is 96.8 Å². The van der Waals surface area contributed by atoms with E-state index in [2.05, 4.69) is 10.3 Å². The number of rotatable bonds is 11. The number of benzene rings is 1. The molecule has 0 fully saturated rings. The number of nitrogens with zero attached hydrogens (tertiary/aromatic N) is 4. The van der Waals surface area contributed by atoms with Gasteiger partial charge in [0.25, 0.3) is 5.56 Å². The molecule has 1 atom stereocenters. The normalized spacial score (nSPS) is 14.8. The molecule has 5 rings (SSSR count). The third-order valence-electron chi connectivity index (χ3n) is 7.87. The maximum atomic E-state index is 13.1. The molecule has 3 aromatic heterocycles. The molecule has 0 aliphatic carbocycles. The van der Waals surface area contributed by atoms with Gasteiger partial charge in [-0.3, -0.25) is 19.4 Å². The Balaban J connectivity index is 0.00000264. The number of aromatic nitrogens is 2. The summed E-state index contributed by atoms with van der Waals surface area (Å²) in [6, 6.07) is 13.5. The number of carbonyl (C=O) groups excluding carboxylic acids is 2. The van der Waals surface area contributed by atoms with E-state index in [0.29, 0.717) is 43.4 Å². The van der Waals surface area contributed by atoms with E-state index in [4.69, 9.17) is 4.74 Å². The van der Waals surface area contributed by atoms with Gasteiger partial charge in [0.2, 0.25) is 11.8 Å². The molecule has 4 aromatic rings. The molecule has 44 heavy (non-hydrogen) atoms. The summed E-state index contributed by atoms with van der Waals surface area (Å²) >= 11 is 1.58. The molecule has 9 nitrogen and oxygen atoms in total. The number of halogens is 2. The maximum absolute atomic E-state index is 13.1. The molecule has 0 radical (unpaired) electrons. The monoisotopic (exact) mass is 659 g/mol. The number of pyridine rings is 2. The van der Waals surface area contributed by atoms with Crippen LogP contribution in [0.1, 0.15) is 45.2 Å². The van der Waals surface area contributed by atoms with Gasteiger partial charge in [0.15, 0.2) is 0 Å². The maximum Gasteiger partial charge on any atom is 0.259 e. The number of carbonyl (C=O) groups is 2. The van der Waals surface area contributed by atoms with Crippen molar-refractivity contribution in [2.75, 3.05) is 36.5 Å². The lowest BCUT2D eigenvalue weighted by Crippen LogP contribution is -2.47. The second kappa shape index (κ2) is 15.0. The number of hydrogen-bond acceptors (Lipinski definition) is 7. The number of hydrogen-bond donors (Lipinski definition) is 1. The van der Waals surface area contributed by atoms with E-state index in [1.165, 1.54) is 0 Å². The van der Waals surface area contributed by atoms with Crippen LogP contribution in [-0.4, -0.2) is 48.1 Å². The van der Waals surface area contributed by atoms with E-state index in [0.717, 1.165) is 28.5 Å². The highest BCUT2D eigenvalue weighted by molar-refractivity contribution is 7.17. The molecule has 1 aromatic carbocycles. The summed E-state index contributed by atoms with van der Waals surface area (Å²) in [5.41, 5.74) is 1.37. The lowest BCUT2D eigenvalue weighted by molar-refractivity contribution is -0.137. The summed E-state index contributed by atoms with van der Waals surface area (Å²) in [7, 11) is 1.70. The van der Waals surface area contributed by atoms with Crippen molar-refractivity contribution in [1.29, 1.82) is 0 Å². The summed E-state index contributed by atoms with van der Waals surface area (Å²) < 4.78 is 8.86. The van der Waals surface area contributed by atoms with Crippen molar-refractivity contribution >= 4 is 69.4 Å². The first-order chi connectivity index (χ1) is 20.2. The van der Waals surface area contributed by atoms with E-state index in [1.807, 2.05) is 61.0 Å². The minimum atomic E-state index is -1.15. The Labute approximate surface area is 274 Å². The first kappa shape index (κ1) is 35.0. The van der Waals surface area contributed by atoms with Gasteiger partial charge in [-0.15, -0.1) is 36.2 Å². The zero-order chi connectivity index (χ0) is 29.9. The van der Waals surface area contributed by atoms with Gasteiger partial charge in [-0.2, -0.15) is 0 Å². The summed E-state index contributed by atoms with van der Waals surface area (Å²) in [5.74, 6) is 0.192. The predicted octanol–water partition coefficient (Wildman–Crippen LogP) is 5.85. The molecular weight excluding hydrogens is 621 g/mol. The number of ether oxygens (including phenoxy) is 1. The Morgan fingerprint density at radius 3 is 2.48 bits per heavy atom. The summed E-state index contributed by atoms with van der Waals surface area (Å²) in [6.07, 6.45) is 6.94. The molecule has 12 heteroatoms. The largest absolute Gasteiger partial charge is 0.493 e. The van der Waals surface area contributed by atoms with Crippen LogP contribution < -0.4 is 25.4 Å². The molecule has 0 spiro atoms. The van der Waals surface area contributed by atoms with Crippen LogP contribution in [0.15, 0.2) is 71.2 Å². The highest BCUT2D eigenvalue weighted by Gasteiger charge is 2.45. The van der Waals surface area contributed by atoms with Gasteiger partial charge in [0.1, 0.15) is 11.2 Å². The van der Waals surface area contributed by atoms with Gasteiger partial charge < -0.3 is 24.4 Å². The zero-order valence-electron chi connectivity index (χ0n) is 25.3. The number of nitrogens with one attached hydrogen (secondary N) is 1. The van der Waals surface area contributed by atoms with Crippen LogP contribution in [0, 0.1) is 5.41 Å². The molecule has 1 aliphatic heterocycles. The Morgan fingerprint density at radius 2 is 1.75 bits per heavy atom. The van der Waals surface area contributed by atoms with Gasteiger partial charge in [-0.05, 0) is 87.5 Å². The van der Waals surface area contributed by atoms with Gasteiger partial charge in [0, 0.05) is 55.5 Å². The Hall–Kier alpha value is -3.44. The molecule has 1 unspecified atom stereocenters. The van der Waals surface area contributed by atoms with E-state index >= 15 is 0 Å². The number of fused-ring (bicyclic) bond motifs is 2. The van der Waals surface area contributed by atoms with Crippen LogP contribution in [0.5, 0.6) is 5.75 Å². The van der Waals surface area contributed by atoms with Crippen molar-refractivity contribution < 1.29 is 14.3 Å². The fraction of sp³-hybridized carbons (Fsp3) is 0.375. The smallest absolute Gasteiger partial charge is 0.259 e. The van der Waals surface area contributed by atoms with Crippen LogP contribution in [0.2, 0.25) is 0 Å². The summed E-state index contributed by atoms with van der Waals surface area (Å²) in [4.78, 5) is 46.5. The fourth-order valence-corrected chi connectivity index (χ4v) is 6.22. The molecule has 0 saturated carbocycles. The Bertz CT molecular complexity index is 1640. The molecule has 1 aliphatic rings. The van der Waals surface area contributed by atoms with Crippen LogP contribution in [0.4, 0.5) is 11.4 Å². The van der Waals surface area contributed by atoms with Crippen molar-refractivity contribution in [3.8, 4) is 5.75 Å². The van der Waals surface area contributed by atoms with Crippen LogP contribution in [0.3, 0.4) is 0 Å². The zero-order valence-corrected chi connectivity index (χ0v) is 27.8. The lowest BCUT2D eigenvalue weighted by Gasteiger charge is -2.27. The lowest BCUT2D eigenvalue weighted by atomic mass is 9.90. The van der Waals surface area contributed by atoms with Crippen molar-refractivity contribution in [3.05, 3.63) is 82.4 Å². The number of anilines is 2. The average molecular weight is 661 g/mol. The minimum Gasteiger partial charge on any atom is -0.493 e. The van der Waals surface area contributed by atoms with Crippen LogP contribution in [0.25, 0.3) is 10.1 Å². The van der Waals surface area contributed by atoms with Gasteiger partial charge in [-0.1, -0.05) is 0 Å². The number of amides is 2. The molecule has 0 saturated heterocycles. The molecular formula is C32H39Cl2N5O4S. The predicted molar refractivity (Wildman–Crippen MR) is 182 cm³/mol. The van der Waals surface area contributed by atoms with E-state index < -0.39 is 5.41 Å². The van der Waals surface area contributed by atoms with Crippen molar-refractivity contribution in [2.45, 2.75) is 46.2 Å². The molecule has 1 N–H and O–H groups in total. The molecule has 0 bridgehead atoms. The van der Waals surface area contributed by atoms with E-state index in [1.54, 1.807) is 59.0 Å². The molecule has 4 heterocycles. The highest BCUT2D eigenvalue weighted by atomic mass is 35.5. The second-order valence-electron chi connectivity index (χ2n) is 11.0. The van der Waals surface area contributed by atoms with E-state index in [-0.39, 0.29) is 48.2 Å². The Kier molecular flexibility index (Phi) is 12.0. The van der Waals surface area contributed by atoms with Crippen molar-refractivity contribution in [2.24, 2.45) is 5.41 Å². The first-order valence-electron chi connectivity index (χ1n) is 14.3.